The molecule has 2 N–H and O–H groups in total. The van der Waals surface area contributed by atoms with Crippen molar-refractivity contribution < 1.29 is 19.4 Å². The normalized spacial score (nSPS) is 23.2. The van der Waals surface area contributed by atoms with Crippen LogP contribution in [0, 0.1) is 0 Å². The second-order valence-corrected chi connectivity index (χ2v) is 7.79. The van der Waals surface area contributed by atoms with Crippen LogP contribution in [0.1, 0.15) is 37.7 Å². The van der Waals surface area contributed by atoms with Crippen molar-refractivity contribution in [3.8, 4) is 5.75 Å². The summed E-state index contributed by atoms with van der Waals surface area (Å²) in [6, 6.07) is 3.67. The summed E-state index contributed by atoms with van der Waals surface area (Å²) in [6.07, 6.45) is 4.05. The van der Waals surface area contributed by atoms with E-state index in [9.17, 15) is 9.90 Å². The molecule has 2 aliphatic rings. The van der Waals surface area contributed by atoms with Crippen molar-refractivity contribution in [1.82, 2.24) is 14.9 Å². The van der Waals surface area contributed by atoms with Gasteiger partial charge < -0.3 is 19.5 Å². The summed E-state index contributed by atoms with van der Waals surface area (Å²) in [7, 11) is 1.60. The summed E-state index contributed by atoms with van der Waals surface area (Å²) in [5.74, 6) is 1.37. The Hall–Kier alpha value is -2.45. The number of β-amino-alcohol motifs (C(OH)–C–C–N with tert-alkyl or cyclic N) is 1. The zero-order valence-corrected chi connectivity index (χ0v) is 16.3. The van der Waals surface area contributed by atoms with E-state index in [-0.39, 0.29) is 6.03 Å². The fourth-order valence-electron chi connectivity index (χ4n) is 3.97. The Bertz CT molecular complexity index is 880. The van der Waals surface area contributed by atoms with Gasteiger partial charge >= 0.3 is 6.03 Å². The van der Waals surface area contributed by atoms with E-state index in [0.29, 0.717) is 42.5 Å². The van der Waals surface area contributed by atoms with E-state index in [0.717, 1.165) is 37.1 Å². The van der Waals surface area contributed by atoms with Crippen LogP contribution < -0.4 is 10.1 Å². The maximum atomic E-state index is 12.5. The van der Waals surface area contributed by atoms with Crippen LogP contribution in [-0.2, 0) is 4.74 Å². The Balaban J connectivity index is 1.61. The molecule has 2 aromatic rings. The second kappa shape index (κ2) is 7.52. The molecule has 2 fully saturated rings. The first-order valence-corrected chi connectivity index (χ1v) is 9.66. The Morgan fingerprint density at radius 1 is 1.36 bits per heavy atom. The van der Waals surface area contributed by atoms with Gasteiger partial charge in [0.1, 0.15) is 11.3 Å². The number of likely N-dealkylation sites (tertiary alicyclic amines) is 1. The lowest BCUT2D eigenvalue weighted by Crippen LogP contribution is -2.36. The van der Waals surface area contributed by atoms with E-state index in [1.54, 1.807) is 25.1 Å². The lowest BCUT2D eigenvalue weighted by Gasteiger charge is -2.23. The number of hydrogen-bond donors (Lipinski definition) is 2. The molecule has 8 heteroatoms. The van der Waals surface area contributed by atoms with E-state index in [1.807, 2.05) is 6.07 Å². The highest BCUT2D eigenvalue weighted by atomic mass is 16.5. The molecule has 0 radical (unpaired) electrons. The first-order chi connectivity index (χ1) is 13.5. The highest BCUT2D eigenvalue weighted by Gasteiger charge is 2.34. The Labute approximate surface area is 163 Å². The number of methoxy groups -OCH3 is 1. The van der Waals surface area contributed by atoms with Crippen LogP contribution in [0.15, 0.2) is 18.3 Å². The number of aliphatic hydroxyl groups is 1. The summed E-state index contributed by atoms with van der Waals surface area (Å²) < 4.78 is 10.9. The Morgan fingerprint density at radius 2 is 2.14 bits per heavy atom. The number of anilines is 1. The average molecular weight is 386 g/mol. The largest absolute Gasteiger partial charge is 0.494 e. The van der Waals surface area contributed by atoms with Gasteiger partial charge in [-0.2, -0.15) is 0 Å². The molecule has 1 aromatic carbocycles. The number of aromatic nitrogens is 2. The highest BCUT2D eigenvalue weighted by Crippen LogP contribution is 2.35. The standard InChI is InChI=1S/C20H26N4O4/c1-20(26)7-8-24(12-20)19(25)23-16-11-21-17-14(13-5-9-28-10-6-13)3-4-15(27-2)18(17)22-16/h3-4,11,13,26H,5-10,12H2,1-2H3,(H,22,23,25)/t20-/m0/s1. The number of fused-ring (bicyclic) bond motifs is 1. The quantitative estimate of drug-likeness (QED) is 0.841. The first-order valence-electron chi connectivity index (χ1n) is 9.66. The summed E-state index contributed by atoms with van der Waals surface area (Å²) in [6.45, 7) is 4.05. The molecule has 4 rings (SSSR count). The smallest absolute Gasteiger partial charge is 0.323 e. The molecule has 0 spiro atoms. The number of ether oxygens (including phenoxy) is 2. The van der Waals surface area contributed by atoms with E-state index >= 15 is 0 Å². The van der Waals surface area contributed by atoms with E-state index < -0.39 is 5.60 Å². The fourth-order valence-corrected chi connectivity index (χ4v) is 3.97. The lowest BCUT2D eigenvalue weighted by atomic mass is 9.90. The third kappa shape index (κ3) is 3.74. The van der Waals surface area contributed by atoms with E-state index in [4.69, 9.17) is 9.47 Å². The number of carbonyl (C=O) groups excluding carboxylic acids is 1. The Kier molecular flexibility index (Phi) is 5.07. The minimum Gasteiger partial charge on any atom is -0.494 e. The summed E-state index contributed by atoms with van der Waals surface area (Å²) in [5.41, 5.74) is 1.74. The number of nitrogens with one attached hydrogen (secondary N) is 1. The lowest BCUT2D eigenvalue weighted by molar-refractivity contribution is 0.0727. The van der Waals surface area contributed by atoms with Crippen LogP contribution in [0.2, 0.25) is 0 Å². The van der Waals surface area contributed by atoms with Crippen LogP contribution in [0.4, 0.5) is 10.6 Å². The van der Waals surface area contributed by atoms with Gasteiger partial charge in [0.05, 0.1) is 31.0 Å². The van der Waals surface area contributed by atoms with E-state index in [1.165, 1.54) is 0 Å². The van der Waals surface area contributed by atoms with Crippen molar-refractivity contribution in [3.05, 3.63) is 23.9 Å². The van der Waals surface area contributed by atoms with Crippen LogP contribution in [0.3, 0.4) is 0 Å². The predicted octanol–water partition coefficient (Wildman–Crippen LogP) is 2.52. The van der Waals surface area contributed by atoms with Gasteiger partial charge in [-0.05, 0) is 43.7 Å². The van der Waals surface area contributed by atoms with Gasteiger partial charge in [-0.15, -0.1) is 0 Å². The first kappa shape index (κ1) is 18.9. The van der Waals surface area contributed by atoms with Crippen molar-refractivity contribution in [2.24, 2.45) is 0 Å². The molecule has 1 atom stereocenters. The summed E-state index contributed by atoms with van der Waals surface area (Å²) in [4.78, 5) is 23.3. The van der Waals surface area contributed by atoms with Crippen molar-refractivity contribution in [2.45, 2.75) is 37.7 Å². The molecule has 0 aliphatic carbocycles. The van der Waals surface area contributed by atoms with E-state index in [2.05, 4.69) is 21.4 Å². The molecule has 2 saturated heterocycles. The minimum absolute atomic E-state index is 0.286. The molecule has 0 bridgehead atoms. The van der Waals surface area contributed by atoms with Crippen LogP contribution in [-0.4, -0.2) is 65.0 Å². The minimum atomic E-state index is -0.839. The van der Waals surface area contributed by atoms with Gasteiger partial charge in [-0.25, -0.2) is 9.78 Å². The molecule has 3 heterocycles. The van der Waals surface area contributed by atoms with Crippen LogP contribution >= 0.6 is 0 Å². The van der Waals surface area contributed by atoms with Gasteiger partial charge in [0.2, 0.25) is 0 Å². The van der Waals surface area contributed by atoms with Crippen LogP contribution in [0.5, 0.6) is 5.75 Å². The predicted molar refractivity (Wildman–Crippen MR) is 105 cm³/mol. The molecule has 8 nitrogen and oxygen atoms in total. The number of urea groups is 1. The number of carbonyl (C=O) groups is 1. The molecule has 28 heavy (non-hydrogen) atoms. The van der Waals surface area contributed by atoms with Gasteiger partial charge in [-0.1, -0.05) is 6.07 Å². The third-order valence-electron chi connectivity index (χ3n) is 5.55. The molecule has 0 saturated carbocycles. The third-order valence-corrected chi connectivity index (χ3v) is 5.55. The number of hydrogen-bond acceptors (Lipinski definition) is 6. The topological polar surface area (TPSA) is 96.8 Å². The number of amides is 2. The van der Waals surface area contributed by atoms with Crippen molar-refractivity contribution >= 4 is 22.9 Å². The van der Waals surface area contributed by atoms with Gasteiger partial charge in [0, 0.05) is 19.8 Å². The molecule has 150 valence electrons. The monoisotopic (exact) mass is 386 g/mol. The van der Waals surface area contributed by atoms with Gasteiger partial charge in [-0.3, -0.25) is 10.3 Å². The highest BCUT2D eigenvalue weighted by molar-refractivity contribution is 5.91. The molecule has 2 amide bonds. The Morgan fingerprint density at radius 3 is 2.82 bits per heavy atom. The molecule has 0 unspecified atom stereocenters. The molecule has 2 aliphatic heterocycles. The number of benzene rings is 1. The fraction of sp³-hybridized carbons (Fsp3) is 0.550. The number of rotatable bonds is 3. The zero-order valence-electron chi connectivity index (χ0n) is 16.3. The van der Waals surface area contributed by atoms with Gasteiger partial charge in [0.25, 0.3) is 0 Å². The summed E-state index contributed by atoms with van der Waals surface area (Å²) in [5, 5.41) is 12.9. The zero-order chi connectivity index (χ0) is 19.7. The SMILES string of the molecule is COc1ccc(C2CCOCC2)c2ncc(NC(=O)N3CC[C@](C)(O)C3)nc12. The number of nitrogens with zero attached hydrogens (tertiary/aromatic N) is 3. The molecular weight excluding hydrogens is 360 g/mol. The molecular formula is C20H26N4O4. The van der Waals surface area contributed by atoms with Crippen molar-refractivity contribution in [3.63, 3.8) is 0 Å². The molecule has 1 aromatic heterocycles. The van der Waals surface area contributed by atoms with Crippen molar-refractivity contribution in [2.75, 3.05) is 38.7 Å². The van der Waals surface area contributed by atoms with Gasteiger partial charge in [0.15, 0.2) is 5.82 Å². The van der Waals surface area contributed by atoms with Crippen LogP contribution in [0.25, 0.3) is 11.0 Å². The second-order valence-electron chi connectivity index (χ2n) is 7.79. The summed E-state index contributed by atoms with van der Waals surface area (Å²) >= 11 is 0. The average Bonchev–Trinajstić information content (AvgIpc) is 3.07. The maximum Gasteiger partial charge on any atom is 0.323 e. The van der Waals surface area contributed by atoms with Crippen molar-refractivity contribution in [1.29, 1.82) is 0 Å². The maximum absolute atomic E-state index is 12.5.